The topological polar surface area (TPSA) is 75.3 Å². The van der Waals surface area contributed by atoms with Gasteiger partial charge in [-0.15, -0.1) is 4.83 Å². The molecule has 0 bridgehead atoms. The van der Waals surface area contributed by atoms with Crippen LogP contribution < -0.4 is 10.3 Å². The van der Waals surface area contributed by atoms with Crippen molar-refractivity contribution in [2.45, 2.75) is 30.3 Å². The van der Waals surface area contributed by atoms with E-state index in [9.17, 15) is 26.4 Å². The monoisotopic (exact) mass is 334 g/mol. The first kappa shape index (κ1) is 16.5. The number of alkyl halides is 3. The summed E-state index contributed by atoms with van der Waals surface area (Å²) in [5, 5.41) is 0. The molecule has 1 aromatic rings. The lowest BCUT2D eigenvalue weighted by Gasteiger charge is -2.13. The quantitative estimate of drug-likeness (QED) is 0.808. The van der Waals surface area contributed by atoms with E-state index in [1.54, 1.807) is 6.07 Å². The van der Waals surface area contributed by atoms with Crippen LogP contribution in [0.2, 0.25) is 0 Å². The second kappa shape index (κ2) is 6.09. The first-order valence-corrected chi connectivity index (χ1v) is 7.86. The lowest BCUT2D eigenvalue weighted by atomic mass is 10.1. The van der Waals surface area contributed by atoms with Crippen LogP contribution >= 0.6 is 0 Å². The molecule has 2 N–H and O–H groups in total. The molecule has 0 fully saturated rings. The van der Waals surface area contributed by atoms with Gasteiger partial charge in [0.25, 0.3) is 15.8 Å². The molecule has 1 aromatic carbocycles. The number of halogens is 3. The third-order valence-electron chi connectivity index (χ3n) is 3.14. The van der Waals surface area contributed by atoms with E-state index in [4.69, 9.17) is 0 Å². The predicted octanol–water partition coefficient (Wildman–Crippen LogP) is 2.04. The summed E-state index contributed by atoms with van der Waals surface area (Å²) < 4.78 is 61.3. The van der Waals surface area contributed by atoms with Crippen LogP contribution in [0, 0.1) is 0 Å². The maximum atomic E-state index is 12.5. The summed E-state index contributed by atoms with van der Waals surface area (Å²) in [5.41, 5.74) is 1.78. The van der Waals surface area contributed by atoms with Crippen LogP contribution in [0.25, 0.3) is 0 Å². The number of allylic oxidation sites excluding steroid dienone is 2. The molecule has 0 amide bonds. The number of hydrogen-bond acceptors (Lipinski definition) is 4. The van der Waals surface area contributed by atoms with Crippen LogP contribution in [-0.2, 0) is 14.8 Å². The molecule has 5 nitrogen and oxygen atoms in total. The van der Waals surface area contributed by atoms with E-state index in [2.05, 4.69) is 5.43 Å². The molecule has 0 aliphatic heterocycles. The number of rotatable bonds is 5. The van der Waals surface area contributed by atoms with Gasteiger partial charge in [0.2, 0.25) is 0 Å². The van der Waals surface area contributed by atoms with E-state index >= 15 is 0 Å². The number of benzene rings is 1. The number of nitrogens with one attached hydrogen (secondary N) is 2. The second-order valence-corrected chi connectivity index (χ2v) is 6.36. The van der Waals surface area contributed by atoms with Crippen molar-refractivity contribution >= 4 is 15.8 Å². The van der Waals surface area contributed by atoms with E-state index in [1.165, 1.54) is 24.3 Å². The molecule has 22 heavy (non-hydrogen) atoms. The molecule has 120 valence electrons. The van der Waals surface area contributed by atoms with Gasteiger partial charge < -0.3 is 5.43 Å². The van der Waals surface area contributed by atoms with E-state index < -0.39 is 27.6 Å². The highest BCUT2D eigenvalue weighted by Gasteiger charge is 2.42. The van der Waals surface area contributed by atoms with Crippen LogP contribution in [0.3, 0.4) is 0 Å². The molecule has 0 heterocycles. The largest absolute Gasteiger partial charge is 0.454 e. The molecule has 0 radical (unpaired) electrons. The van der Waals surface area contributed by atoms with Crippen LogP contribution in [0.1, 0.15) is 19.3 Å². The van der Waals surface area contributed by atoms with Crippen LogP contribution in [-0.4, -0.2) is 20.4 Å². The van der Waals surface area contributed by atoms with E-state index in [-0.39, 0.29) is 23.4 Å². The Morgan fingerprint density at radius 3 is 2.32 bits per heavy atom. The first-order valence-electron chi connectivity index (χ1n) is 6.38. The van der Waals surface area contributed by atoms with Crippen LogP contribution in [0.15, 0.2) is 46.5 Å². The van der Waals surface area contributed by atoms with Crippen molar-refractivity contribution in [3.8, 4) is 0 Å². The molecule has 2 rings (SSSR count). The van der Waals surface area contributed by atoms with E-state index in [0.29, 0.717) is 6.42 Å². The van der Waals surface area contributed by atoms with Gasteiger partial charge in [-0.3, -0.25) is 4.79 Å². The highest BCUT2D eigenvalue weighted by molar-refractivity contribution is 7.89. The smallest absolute Gasteiger partial charge is 0.312 e. The number of hydrogen-bond donors (Lipinski definition) is 2. The lowest BCUT2D eigenvalue weighted by molar-refractivity contribution is -0.166. The Hall–Kier alpha value is -1.87. The predicted molar refractivity (Wildman–Crippen MR) is 71.8 cm³/mol. The molecule has 0 aromatic heterocycles. The van der Waals surface area contributed by atoms with Crippen molar-refractivity contribution < 1.29 is 26.4 Å². The van der Waals surface area contributed by atoms with E-state index in [1.807, 2.05) is 4.83 Å². The zero-order chi connectivity index (χ0) is 16.4. The summed E-state index contributed by atoms with van der Waals surface area (Å²) in [6.45, 7) is 0. The molecule has 0 spiro atoms. The SMILES string of the molecule is O=C(C1=C(NNS(=O)(=O)c2ccccc2)CCC1)C(F)(F)F. The lowest BCUT2D eigenvalue weighted by Crippen LogP contribution is -2.37. The van der Waals surface area contributed by atoms with Gasteiger partial charge in [-0.1, -0.05) is 18.2 Å². The summed E-state index contributed by atoms with van der Waals surface area (Å²) >= 11 is 0. The number of Topliss-reactive ketones (excluding diaryl/α,β-unsaturated/α-hetero) is 1. The molecule has 9 heteroatoms. The highest BCUT2D eigenvalue weighted by atomic mass is 32.2. The van der Waals surface area contributed by atoms with Crippen molar-refractivity contribution in [1.82, 2.24) is 10.3 Å². The standard InChI is InChI=1S/C13H13F3N2O3S/c14-13(15,16)12(19)10-7-4-8-11(10)17-18-22(20,21)9-5-2-1-3-6-9/h1-3,5-6,17-18H,4,7-8H2. The Labute approximate surface area is 125 Å². The van der Waals surface area contributed by atoms with Crippen molar-refractivity contribution in [1.29, 1.82) is 0 Å². The summed E-state index contributed by atoms with van der Waals surface area (Å²) in [7, 11) is -3.92. The average molecular weight is 334 g/mol. The van der Waals surface area contributed by atoms with Crippen molar-refractivity contribution in [3.63, 3.8) is 0 Å². The fraction of sp³-hybridized carbons (Fsp3) is 0.308. The normalized spacial score (nSPS) is 16.0. The van der Waals surface area contributed by atoms with Gasteiger partial charge >= 0.3 is 6.18 Å². The van der Waals surface area contributed by atoms with Crippen molar-refractivity contribution in [2.75, 3.05) is 0 Å². The fourth-order valence-corrected chi connectivity index (χ4v) is 2.98. The minimum Gasteiger partial charge on any atom is -0.312 e. The van der Waals surface area contributed by atoms with Gasteiger partial charge in [0.1, 0.15) is 0 Å². The maximum absolute atomic E-state index is 12.5. The van der Waals surface area contributed by atoms with Gasteiger partial charge in [-0.05, 0) is 31.4 Å². The van der Waals surface area contributed by atoms with Crippen molar-refractivity contribution in [3.05, 3.63) is 41.6 Å². The number of sulfonamides is 1. The summed E-state index contributed by atoms with van der Waals surface area (Å²) in [5.74, 6) is -1.94. The molecular weight excluding hydrogens is 321 g/mol. The number of hydrazine groups is 1. The number of ketones is 1. The molecule has 0 unspecified atom stereocenters. The average Bonchev–Trinajstić information content (AvgIpc) is 2.92. The summed E-state index contributed by atoms with van der Waals surface area (Å²) in [6, 6.07) is 7.35. The first-order chi connectivity index (χ1) is 10.2. The molecule has 0 atom stereocenters. The second-order valence-electron chi connectivity index (χ2n) is 4.68. The van der Waals surface area contributed by atoms with Crippen LogP contribution in [0.5, 0.6) is 0 Å². The number of carbonyl (C=O) groups is 1. The Morgan fingerprint density at radius 1 is 1.09 bits per heavy atom. The maximum Gasteiger partial charge on any atom is 0.454 e. The molecule has 1 aliphatic carbocycles. The Morgan fingerprint density at radius 2 is 1.73 bits per heavy atom. The molecule has 0 saturated heterocycles. The van der Waals surface area contributed by atoms with Crippen molar-refractivity contribution in [2.24, 2.45) is 0 Å². The fourth-order valence-electron chi connectivity index (χ4n) is 2.09. The molecular formula is C13H13F3N2O3S. The van der Waals surface area contributed by atoms with Gasteiger partial charge in [0.15, 0.2) is 0 Å². The van der Waals surface area contributed by atoms with Gasteiger partial charge in [-0.25, -0.2) is 8.42 Å². The van der Waals surface area contributed by atoms with Gasteiger partial charge in [0, 0.05) is 11.3 Å². The third-order valence-corrected chi connectivity index (χ3v) is 4.40. The summed E-state index contributed by atoms with van der Waals surface area (Å²) in [4.78, 5) is 13.2. The zero-order valence-electron chi connectivity index (χ0n) is 11.3. The minimum absolute atomic E-state index is 0.0340. The minimum atomic E-state index is -4.97. The Kier molecular flexibility index (Phi) is 4.57. The molecule has 1 aliphatic rings. The van der Waals surface area contributed by atoms with Gasteiger partial charge in [-0.2, -0.15) is 13.2 Å². The molecule has 0 saturated carbocycles. The Bertz CT molecular complexity index is 697. The highest BCUT2D eigenvalue weighted by Crippen LogP contribution is 2.31. The Balaban J connectivity index is 2.15. The summed E-state index contributed by atoms with van der Waals surface area (Å²) in [6.07, 6.45) is -4.47. The zero-order valence-corrected chi connectivity index (χ0v) is 12.1. The van der Waals surface area contributed by atoms with Gasteiger partial charge in [0.05, 0.1) is 4.90 Å². The number of carbonyl (C=O) groups excluding carboxylic acids is 1. The third kappa shape index (κ3) is 3.66. The van der Waals surface area contributed by atoms with E-state index in [0.717, 1.165) is 0 Å². The van der Waals surface area contributed by atoms with Crippen LogP contribution in [0.4, 0.5) is 13.2 Å².